The third-order valence-corrected chi connectivity index (χ3v) is 6.40. The smallest absolute Gasteiger partial charge is 0.264 e. The first-order valence-electron chi connectivity index (χ1n) is 8.88. The van der Waals surface area contributed by atoms with Gasteiger partial charge in [-0.1, -0.05) is 53.0 Å². The highest BCUT2D eigenvalue weighted by Gasteiger charge is 2.27. The van der Waals surface area contributed by atoms with Gasteiger partial charge in [0.25, 0.3) is 10.0 Å². The summed E-state index contributed by atoms with van der Waals surface area (Å²) in [5, 5.41) is 2.87. The highest BCUT2D eigenvalue weighted by atomic mass is 79.9. The van der Waals surface area contributed by atoms with E-state index in [0.717, 1.165) is 27.2 Å². The summed E-state index contributed by atoms with van der Waals surface area (Å²) >= 11 is 3.37. The molecule has 0 aliphatic heterocycles. The molecule has 0 aliphatic rings. The Bertz CT molecular complexity index is 882. The number of amides is 1. The van der Waals surface area contributed by atoms with Crippen molar-refractivity contribution in [2.24, 2.45) is 0 Å². The molecule has 1 atom stereocenters. The SMILES string of the molecule is CCC[C@H](C)NC(=O)CN(c1cccc(Br)c1)S(=O)(=O)c1ccc(C)cc1. The lowest BCUT2D eigenvalue weighted by molar-refractivity contribution is -0.120. The van der Waals surface area contributed by atoms with Gasteiger partial charge in [0.1, 0.15) is 6.54 Å². The molecule has 0 bridgehead atoms. The van der Waals surface area contributed by atoms with Crippen LogP contribution in [0.15, 0.2) is 57.9 Å². The predicted octanol–water partition coefficient (Wildman–Crippen LogP) is 4.26. The maximum atomic E-state index is 13.2. The van der Waals surface area contributed by atoms with E-state index in [2.05, 4.69) is 21.2 Å². The van der Waals surface area contributed by atoms with Crippen LogP contribution in [0.25, 0.3) is 0 Å². The van der Waals surface area contributed by atoms with E-state index in [1.165, 1.54) is 0 Å². The van der Waals surface area contributed by atoms with Gasteiger partial charge in [-0.05, 0) is 50.6 Å². The summed E-state index contributed by atoms with van der Waals surface area (Å²) in [6.45, 7) is 5.57. The zero-order valence-electron chi connectivity index (χ0n) is 15.8. The molecule has 0 unspecified atom stereocenters. The molecule has 2 rings (SSSR count). The number of hydrogen-bond acceptors (Lipinski definition) is 3. The summed E-state index contributed by atoms with van der Waals surface area (Å²) in [5.41, 5.74) is 1.40. The third-order valence-electron chi connectivity index (χ3n) is 4.12. The molecule has 0 fully saturated rings. The average Bonchev–Trinajstić information content (AvgIpc) is 2.60. The summed E-state index contributed by atoms with van der Waals surface area (Å²) in [6.07, 6.45) is 1.78. The number of carbonyl (C=O) groups excluding carboxylic acids is 1. The molecule has 0 saturated heterocycles. The van der Waals surface area contributed by atoms with Crippen LogP contribution in [0.5, 0.6) is 0 Å². The molecule has 0 aromatic heterocycles. The summed E-state index contributed by atoms with van der Waals surface area (Å²) in [7, 11) is -3.88. The zero-order valence-corrected chi connectivity index (χ0v) is 18.2. The van der Waals surface area contributed by atoms with Gasteiger partial charge >= 0.3 is 0 Å². The number of rotatable bonds is 8. The topological polar surface area (TPSA) is 66.5 Å². The van der Waals surface area contributed by atoms with Crippen molar-refractivity contribution in [3.63, 3.8) is 0 Å². The number of benzene rings is 2. The average molecular weight is 453 g/mol. The second-order valence-corrected chi connectivity index (χ2v) is 9.34. The summed E-state index contributed by atoms with van der Waals surface area (Å²) in [4.78, 5) is 12.7. The van der Waals surface area contributed by atoms with Crippen molar-refractivity contribution in [2.45, 2.75) is 44.6 Å². The lowest BCUT2D eigenvalue weighted by Gasteiger charge is -2.25. The number of aryl methyl sites for hydroxylation is 1. The Balaban J connectivity index is 2.38. The number of halogens is 1. The standard InChI is InChI=1S/C20H25BrN2O3S/c1-4-6-16(3)22-20(24)14-23(18-8-5-7-17(21)13-18)27(25,26)19-11-9-15(2)10-12-19/h5,7-13,16H,4,6,14H2,1-3H3,(H,22,24)/t16-/m0/s1. The number of hydrogen-bond donors (Lipinski definition) is 1. The van der Waals surface area contributed by atoms with Crippen molar-refractivity contribution in [2.75, 3.05) is 10.8 Å². The number of nitrogens with one attached hydrogen (secondary N) is 1. The molecular formula is C20H25BrN2O3S. The molecule has 5 nitrogen and oxygen atoms in total. The van der Waals surface area contributed by atoms with E-state index in [9.17, 15) is 13.2 Å². The van der Waals surface area contributed by atoms with Gasteiger partial charge < -0.3 is 5.32 Å². The Kier molecular flexibility index (Phi) is 7.44. The van der Waals surface area contributed by atoms with Gasteiger partial charge in [-0.2, -0.15) is 0 Å². The number of anilines is 1. The fraction of sp³-hybridized carbons (Fsp3) is 0.350. The van der Waals surface area contributed by atoms with Gasteiger partial charge in [-0.3, -0.25) is 9.10 Å². The zero-order chi connectivity index (χ0) is 20.0. The Labute approximate surface area is 170 Å². The van der Waals surface area contributed by atoms with Crippen LogP contribution in [0.2, 0.25) is 0 Å². The summed E-state index contributed by atoms with van der Waals surface area (Å²) in [6, 6.07) is 13.5. The molecule has 7 heteroatoms. The van der Waals surface area contributed by atoms with Crippen LogP contribution in [0.1, 0.15) is 32.3 Å². The van der Waals surface area contributed by atoms with Gasteiger partial charge in [0.15, 0.2) is 0 Å². The highest BCUT2D eigenvalue weighted by molar-refractivity contribution is 9.10. The van der Waals surface area contributed by atoms with Crippen molar-refractivity contribution < 1.29 is 13.2 Å². The summed E-state index contributed by atoms with van der Waals surface area (Å²) in [5.74, 6) is -0.327. The summed E-state index contributed by atoms with van der Waals surface area (Å²) < 4.78 is 28.4. The fourth-order valence-corrected chi connectivity index (χ4v) is 4.54. The molecule has 0 saturated carbocycles. The first kappa shape index (κ1) is 21.4. The molecule has 0 spiro atoms. The lowest BCUT2D eigenvalue weighted by atomic mass is 10.2. The number of carbonyl (C=O) groups is 1. The molecule has 0 radical (unpaired) electrons. The van der Waals surface area contributed by atoms with E-state index < -0.39 is 10.0 Å². The van der Waals surface area contributed by atoms with E-state index in [1.54, 1.807) is 42.5 Å². The van der Waals surface area contributed by atoms with Crippen LogP contribution in [0, 0.1) is 6.92 Å². The van der Waals surface area contributed by atoms with Crippen molar-refractivity contribution in [1.82, 2.24) is 5.32 Å². The Hall–Kier alpha value is -1.86. The van der Waals surface area contributed by atoms with Crippen LogP contribution in [0.3, 0.4) is 0 Å². The van der Waals surface area contributed by atoms with E-state index >= 15 is 0 Å². The van der Waals surface area contributed by atoms with Crippen LogP contribution < -0.4 is 9.62 Å². The Morgan fingerprint density at radius 2 is 1.85 bits per heavy atom. The van der Waals surface area contributed by atoms with Gasteiger partial charge in [0.2, 0.25) is 5.91 Å². The number of sulfonamides is 1. The van der Waals surface area contributed by atoms with Crippen molar-refractivity contribution in [3.8, 4) is 0 Å². The van der Waals surface area contributed by atoms with Gasteiger partial charge in [0, 0.05) is 10.5 Å². The van der Waals surface area contributed by atoms with E-state index in [-0.39, 0.29) is 23.4 Å². The third kappa shape index (κ3) is 5.81. The fourth-order valence-electron chi connectivity index (χ4n) is 2.74. The minimum atomic E-state index is -3.88. The Morgan fingerprint density at radius 1 is 1.19 bits per heavy atom. The second kappa shape index (κ2) is 9.37. The molecule has 1 amide bonds. The number of nitrogens with zero attached hydrogens (tertiary/aromatic N) is 1. The Morgan fingerprint density at radius 3 is 2.44 bits per heavy atom. The normalized spacial score (nSPS) is 12.4. The van der Waals surface area contributed by atoms with Gasteiger partial charge in [0.05, 0.1) is 10.6 Å². The first-order chi connectivity index (χ1) is 12.7. The molecule has 0 heterocycles. The van der Waals surface area contributed by atoms with Crippen molar-refractivity contribution >= 4 is 37.5 Å². The van der Waals surface area contributed by atoms with Crippen LogP contribution >= 0.6 is 15.9 Å². The largest absolute Gasteiger partial charge is 0.352 e. The van der Waals surface area contributed by atoms with Crippen molar-refractivity contribution in [3.05, 3.63) is 58.6 Å². The highest BCUT2D eigenvalue weighted by Crippen LogP contribution is 2.26. The molecule has 2 aromatic rings. The molecular weight excluding hydrogens is 428 g/mol. The molecule has 0 aliphatic carbocycles. The van der Waals surface area contributed by atoms with E-state index in [0.29, 0.717) is 5.69 Å². The second-order valence-electron chi connectivity index (χ2n) is 6.56. The molecule has 27 heavy (non-hydrogen) atoms. The maximum absolute atomic E-state index is 13.2. The quantitative estimate of drug-likeness (QED) is 0.650. The van der Waals surface area contributed by atoms with Crippen LogP contribution in [-0.4, -0.2) is 26.9 Å². The molecule has 1 N–H and O–H groups in total. The van der Waals surface area contributed by atoms with Gasteiger partial charge in [-0.25, -0.2) is 8.42 Å². The minimum Gasteiger partial charge on any atom is -0.352 e. The minimum absolute atomic E-state index is 0.00561. The van der Waals surface area contributed by atoms with Crippen LogP contribution in [-0.2, 0) is 14.8 Å². The molecule has 146 valence electrons. The lowest BCUT2D eigenvalue weighted by Crippen LogP contribution is -2.43. The predicted molar refractivity (Wildman–Crippen MR) is 112 cm³/mol. The monoisotopic (exact) mass is 452 g/mol. The van der Waals surface area contributed by atoms with Gasteiger partial charge in [-0.15, -0.1) is 0 Å². The van der Waals surface area contributed by atoms with Crippen molar-refractivity contribution in [1.29, 1.82) is 0 Å². The first-order valence-corrected chi connectivity index (χ1v) is 11.1. The maximum Gasteiger partial charge on any atom is 0.264 e. The van der Waals surface area contributed by atoms with E-state index in [4.69, 9.17) is 0 Å². The molecule has 2 aromatic carbocycles. The van der Waals surface area contributed by atoms with E-state index in [1.807, 2.05) is 26.8 Å². The van der Waals surface area contributed by atoms with Crippen LogP contribution in [0.4, 0.5) is 5.69 Å².